The first-order chi connectivity index (χ1) is 9.42. The van der Waals surface area contributed by atoms with Gasteiger partial charge in [-0.1, -0.05) is 11.6 Å². The zero-order valence-corrected chi connectivity index (χ0v) is 12.0. The molecule has 1 N–H and O–H groups in total. The van der Waals surface area contributed by atoms with Crippen molar-refractivity contribution in [3.05, 3.63) is 52.8 Å². The second-order valence-corrected chi connectivity index (χ2v) is 6.13. The van der Waals surface area contributed by atoms with Crippen LogP contribution in [0.1, 0.15) is 11.1 Å². The van der Waals surface area contributed by atoms with Gasteiger partial charge in [-0.2, -0.15) is 5.26 Å². The van der Waals surface area contributed by atoms with Gasteiger partial charge in [0.15, 0.2) is 5.15 Å². The quantitative estimate of drug-likeness (QED) is 0.884. The summed E-state index contributed by atoms with van der Waals surface area (Å²) in [4.78, 5) is 3.93. The molecule has 0 atom stereocenters. The van der Waals surface area contributed by atoms with Crippen molar-refractivity contribution in [2.75, 3.05) is 4.72 Å². The highest BCUT2D eigenvalue weighted by molar-refractivity contribution is 7.92. The molecule has 1 aromatic carbocycles. The van der Waals surface area contributed by atoms with Gasteiger partial charge in [0.1, 0.15) is 0 Å². The first-order valence-corrected chi connectivity index (χ1v) is 7.43. The normalized spacial score (nSPS) is 10.8. The summed E-state index contributed by atoms with van der Waals surface area (Å²) in [5.74, 6) is 0. The molecule has 0 unspecified atom stereocenters. The van der Waals surface area contributed by atoms with Crippen LogP contribution in [-0.4, -0.2) is 13.4 Å². The van der Waals surface area contributed by atoms with Gasteiger partial charge in [0, 0.05) is 6.20 Å². The summed E-state index contributed by atoms with van der Waals surface area (Å²) in [5.41, 5.74) is 1.39. The lowest BCUT2D eigenvalue weighted by Crippen LogP contribution is -2.13. The zero-order chi connectivity index (χ0) is 14.8. The average molecular weight is 308 g/mol. The maximum absolute atomic E-state index is 12.2. The van der Waals surface area contributed by atoms with Crippen molar-refractivity contribution in [1.82, 2.24) is 4.98 Å². The molecule has 20 heavy (non-hydrogen) atoms. The molecule has 102 valence electrons. The summed E-state index contributed by atoms with van der Waals surface area (Å²) < 4.78 is 26.7. The molecular formula is C13H10ClN3O2S. The van der Waals surface area contributed by atoms with Crippen LogP contribution in [-0.2, 0) is 10.0 Å². The third-order valence-corrected chi connectivity index (χ3v) is 4.20. The van der Waals surface area contributed by atoms with E-state index in [1.54, 1.807) is 19.2 Å². The van der Waals surface area contributed by atoms with Crippen LogP contribution in [0.2, 0.25) is 5.15 Å². The van der Waals surface area contributed by atoms with E-state index in [0.717, 1.165) is 5.56 Å². The predicted octanol–water partition coefficient (Wildman–Crippen LogP) is 2.72. The number of nitrogens with zero attached hydrogens (tertiary/aromatic N) is 2. The summed E-state index contributed by atoms with van der Waals surface area (Å²) in [6, 6.07) is 9.11. The van der Waals surface area contributed by atoms with Gasteiger partial charge in [0.2, 0.25) is 0 Å². The topological polar surface area (TPSA) is 82.8 Å². The van der Waals surface area contributed by atoms with E-state index >= 15 is 0 Å². The molecule has 0 fully saturated rings. The fourth-order valence-corrected chi connectivity index (χ4v) is 2.80. The van der Waals surface area contributed by atoms with E-state index in [9.17, 15) is 8.42 Å². The number of aromatic nitrogens is 1. The van der Waals surface area contributed by atoms with Crippen LogP contribution >= 0.6 is 11.6 Å². The molecular weight excluding hydrogens is 298 g/mol. The van der Waals surface area contributed by atoms with E-state index in [2.05, 4.69) is 9.71 Å². The number of halogens is 1. The van der Waals surface area contributed by atoms with Gasteiger partial charge < -0.3 is 0 Å². The number of hydrogen-bond acceptors (Lipinski definition) is 4. The van der Waals surface area contributed by atoms with Crippen molar-refractivity contribution in [2.45, 2.75) is 11.8 Å². The molecule has 0 aliphatic carbocycles. The third kappa shape index (κ3) is 3.07. The Balaban J connectivity index is 2.35. The molecule has 0 bridgehead atoms. The Labute approximate surface area is 121 Å². The van der Waals surface area contributed by atoms with Crippen LogP contribution in [0.5, 0.6) is 0 Å². The number of nitrogens with one attached hydrogen (secondary N) is 1. The second-order valence-electron chi connectivity index (χ2n) is 4.09. The Morgan fingerprint density at radius 3 is 2.55 bits per heavy atom. The van der Waals surface area contributed by atoms with Crippen molar-refractivity contribution in [1.29, 1.82) is 5.26 Å². The van der Waals surface area contributed by atoms with Gasteiger partial charge in [-0.3, -0.25) is 4.72 Å². The summed E-state index contributed by atoms with van der Waals surface area (Å²) in [6.07, 6.45) is 1.54. The van der Waals surface area contributed by atoms with Crippen molar-refractivity contribution >= 4 is 27.3 Å². The lowest BCUT2D eigenvalue weighted by molar-refractivity contribution is 0.601. The molecule has 0 aliphatic rings. The van der Waals surface area contributed by atoms with E-state index in [-0.39, 0.29) is 15.7 Å². The van der Waals surface area contributed by atoms with E-state index < -0.39 is 10.0 Å². The predicted molar refractivity (Wildman–Crippen MR) is 75.9 cm³/mol. The van der Waals surface area contributed by atoms with E-state index in [0.29, 0.717) is 5.56 Å². The fourth-order valence-electron chi connectivity index (χ4n) is 1.54. The van der Waals surface area contributed by atoms with Crippen LogP contribution in [0.4, 0.5) is 5.69 Å². The van der Waals surface area contributed by atoms with Crippen molar-refractivity contribution in [3.8, 4) is 6.07 Å². The molecule has 1 heterocycles. The van der Waals surface area contributed by atoms with Gasteiger partial charge in [0.05, 0.1) is 22.2 Å². The average Bonchev–Trinajstić information content (AvgIpc) is 2.43. The molecule has 0 amide bonds. The number of aryl methyl sites for hydroxylation is 1. The van der Waals surface area contributed by atoms with Crippen LogP contribution < -0.4 is 4.72 Å². The molecule has 0 radical (unpaired) electrons. The third-order valence-electron chi connectivity index (χ3n) is 2.51. The highest BCUT2D eigenvalue weighted by atomic mass is 35.5. The minimum Gasteiger partial charge on any atom is -0.276 e. The van der Waals surface area contributed by atoms with Crippen molar-refractivity contribution < 1.29 is 8.42 Å². The van der Waals surface area contributed by atoms with Gasteiger partial charge in [-0.05, 0) is 42.8 Å². The highest BCUT2D eigenvalue weighted by Crippen LogP contribution is 2.23. The largest absolute Gasteiger partial charge is 0.276 e. The number of anilines is 1. The van der Waals surface area contributed by atoms with Crippen molar-refractivity contribution in [3.63, 3.8) is 0 Å². The number of hydrogen-bond donors (Lipinski definition) is 1. The van der Waals surface area contributed by atoms with Crippen LogP contribution in [0.25, 0.3) is 0 Å². The molecule has 2 rings (SSSR count). The first-order valence-electron chi connectivity index (χ1n) is 5.57. The molecule has 2 aromatic rings. The molecule has 0 spiro atoms. The molecule has 5 nitrogen and oxygen atoms in total. The number of rotatable bonds is 3. The van der Waals surface area contributed by atoms with Gasteiger partial charge in [-0.15, -0.1) is 0 Å². The summed E-state index contributed by atoms with van der Waals surface area (Å²) in [7, 11) is -3.76. The summed E-state index contributed by atoms with van der Waals surface area (Å²) >= 11 is 5.86. The first kappa shape index (κ1) is 14.3. The lowest BCUT2D eigenvalue weighted by atomic mass is 10.2. The Morgan fingerprint density at radius 2 is 1.95 bits per heavy atom. The SMILES string of the molecule is Cc1cnc(Cl)c(NS(=O)(=O)c2ccc(C#N)cc2)c1. The van der Waals surface area contributed by atoms with E-state index in [4.69, 9.17) is 16.9 Å². The molecule has 0 aliphatic heterocycles. The Hall–Kier alpha value is -2.10. The number of benzene rings is 1. The van der Waals surface area contributed by atoms with Crippen LogP contribution in [0, 0.1) is 18.3 Å². The van der Waals surface area contributed by atoms with Crippen LogP contribution in [0.15, 0.2) is 41.4 Å². The maximum atomic E-state index is 12.2. The number of pyridine rings is 1. The minimum absolute atomic E-state index is 0.0501. The molecule has 0 saturated heterocycles. The van der Waals surface area contributed by atoms with Gasteiger partial charge in [0.25, 0.3) is 10.0 Å². The van der Waals surface area contributed by atoms with E-state index in [1.165, 1.54) is 24.3 Å². The Morgan fingerprint density at radius 1 is 1.30 bits per heavy atom. The zero-order valence-electron chi connectivity index (χ0n) is 10.5. The second kappa shape index (κ2) is 5.49. The van der Waals surface area contributed by atoms with Gasteiger partial charge >= 0.3 is 0 Å². The summed E-state index contributed by atoms with van der Waals surface area (Å²) in [6.45, 7) is 1.78. The Bertz CT molecular complexity index is 780. The fraction of sp³-hybridized carbons (Fsp3) is 0.0769. The van der Waals surface area contributed by atoms with Crippen molar-refractivity contribution in [2.24, 2.45) is 0 Å². The smallest absolute Gasteiger partial charge is 0.261 e. The lowest BCUT2D eigenvalue weighted by Gasteiger charge is -2.09. The molecule has 7 heteroatoms. The van der Waals surface area contributed by atoms with Crippen LogP contribution in [0.3, 0.4) is 0 Å². The molecule has 0 saturated carbocycles. The number of sulfonamides is 1. The number of nitriles is 1. The Kier molecular flexibility index (Phi) is 3.93. The highest BCUT2D eigenvalue weighted by Gasteiger charge is 2.16. The monoisotopic (exact) mass is 307 g/mol. The molecule has 1 aromatic heterocycles. The maximum Gasteiger partial charge on any atom is 0.261 e. The summed E-state index contributed by atoms with van der Waals surface area (Å²) in [5, 5.41) is 8.77. The van der Waals surface area contributed by atoms with E-state index in [1.807, 2.05) is 6.07 Å². The van der Waals surface area contributed by atoms with Gasteiger partial charge in [-0.25, -0.2) is 13.4 Å². The standard InChI is InChI=1S/C13H10ClN3O2S/c1-9-6-12(13(14)16-8-9)17-20(18,19)11-4-2-10(7-15)3-5-11/h2-6,8,17H,1H3. The minimum atomic E-state index is -3.76.